The highest BCUT2D eigenvalue weighted by Crippen LogP contribution is 2.14. The quantitative estimate of drug-likeness (QED) is 0.773. The van der Waals surface area contributed by atoms with Crippen LogP contribution in [-0.4, -0.2) is 28.6 Å². The molecule has 1 rings (SSSR count). The molecule has 7 heteroatoms. The highest BCUT2D eigenvalue weighted by molar-refractivity contribution is 7.89. The molecule has 0 radical (unpaired) electrons. The standard InChI is InChI=1S/C12H17N3O2S.ClH/c1-10-8-12(5-4-11(10)9-13)18(16,17)15-7-3-6-14-2;/h4-5,8,14-15H,3,6-7H2,1-2H3;1H. The van der Waals surface area contributed by atoms with Crippen LogP contribution in [0.1, 0.15) is 17.5 Å². The largest absolute Gasteiger partial charge is 0.320 e. The van der Waals surface area contributed by atoms with Crippen molar-refractivity contribution in [1.82, 2.24) is 10.0 Å². The van der Waals surface area contributed by atoms with Crippen LogP contribution in [0, 0.1) is 18.3 Å². The summed E-state index contributed by atoms with van der Waals surface area (Å²) >= 11 is 0. The first-order chi connectivity index (χ1) is 8.51. The van der Waals surface area contributed by atoms with Crippen LogP contribution in [0.15, 0.2) is 23.1 Å². The van der Waals surface area contributed by atoms with Crippen LogP contribution in [0.3, 0.4) is 0 Å². The first kappa shape index (κ1) is 17.9. The van der Waals surface area contributed by atoms with E-state index in [0.29, 0.717) is 17.7 Å². The van der Waals surface area contributed by atoms with Crippen LogP contribution in [0.5, 0.6) is 0 Å². The van der Waals surface area contributed by atoms with Crippen LogP contribution in [0.4, 0.5) is 0 Å². The Kier molecular flexibility index (Phi) is 7.64. The van der Waals surface area contributed by atoms with Gasteiger partial charge in [-0.2, -0.15) is 5.26 Å². The second kappa shape index (κ2) is 8.12. The van der Waals surface area contributed by atoms with E-state index < -0.39 is 10.0 Å². The zero-order valence-electron chi connectivity index (χ0n) is 10.9. The van der Waals surface area contributed by atoms with Gasteiger partial charge in [0.25, 0.3) is 0 Å². The van der Waals surface area contributed by atoms with E-state index in [1.165, 1.54) is 18.2 Å². The maximum absolute atomic E-state index is 11.9. The third-order valence-electron chi connectivity index (χ3n) is 2.52. The fourth-order valence-electron chi connectivity index (χ4n) is 1.48. The topological polar surface area (TPSA) is 82.0 Å². The van der Waals surface area contributed by atoms with Gasteiger partial charge in [-0.1, -0.05) is 0 Å². The number of nitriles is 1. The number of nitrogens with one attached hydrogen (secondary N) is 2. The fraction of sp³-hybridized carbons (Fsp3) is 0.417. The lowest BCUT2D eigenvalue weighted by Gasteiger charge is -2.07. The average Bonchev–Trinajstić information content (AvgIpc) is 2.34. The van der Waals surface area contributed by atoms with E-state index in [4.69, 9.17) is 5.26 Å². The Morgan fingerprint density at radius 1 is 1.32 bits per heavy atom. The zero-order valence-corrected chi connectivity index (χ0v) is 12.6. The Morgan fingerprint density at radius 2 is 2.00 bits per heavy atom. The lowest BCUT2D eigenvalue weighted by molar-refractivity contribution is 0.577. The van der Waals surface area contributed by atoms with Gasteiger partial charge in [-0.05, 0) is 50.7 Å². The molecule has 0 heterocycles. The molecule has 5 nitrogen and oxygen atoms in total. The maximum atomic E-state index is 11.9. The molecular weight excluding hydrogens is 286 g/mol. The highest BCUT2D eigenvalue weighted by atomic mass is 35.5. The summed E-state index contributed by atoms with van der Waals surface area (Å²) in [5.74, 6) is 0. The minimum absolute atomic E-state index is 0. The number of hydrogen-bond acceptors (Lipinski definition) is 4. The molecule has 0 amide bonds. The van der Waals surface area contributed by atoms with Gasteiger partial charge in [0.1, 0.15) is 0 Å². The van der Waals surface area contributed by atoms with Crippen LogP contribution in [0.25, 0.3) is 0 Å². The summed E-state index contributed by atoms with van der Waals surface area (Å²) in [6, 6.07) is 6.50. The van der Waals surface area contributed by atoms with Crippen LogP contribution < -0.4 is 10.0 Å². The van der Waals surface area contributed by atoms with Gasteiger partial charge in [-0.3, -0.25) is 0 Å². The molecule has 1 aromatic carbocycles. The van der Waals surface area contributed by atoms with Crippen molar-refractivity contribution in [3.63, 3.8) is 0 Å². The summed E-state index contributed by atoms with van der Waals surface area (Å²) in [5.41, 5.74) is 1.15. The molecule has 0 unspecified atom stereocenters. The number of rotatable bonds is 6. The second-order valence-electron chi connectivity index (χ2n) is 3.94. The lowest BCUT2D eigenvalue weighted by Crippen LogP contribution is -2.26. The van der Waals surface area contributed by atoms with E-state index in [1.807, 2.05) is 13.1 Å². The van der Waals surface area contributed by atoms with Crippen molar-refractivity contribution >= 4 is 22.4 Å². The Bertz CT molecular complexity index is 553. The molecule has 0 aliphatic carbocycles. The van der Waals surface area contributed by atoms with Gasteiger partial charge in [0.2, 0.25) is 10.0 Å². The monoisotopic (exact) mass is 303 g/mol. The van der Waals surface area contributed by atoms with Gasteiger partial charge >= 0.3 is 0 Å². The van der Waals surface area contributed by atoms with Crippen molar-refractivity contribution in [1.29, 1.82) is 5.26 Å². The molecule has 19 heavy (non-hydrogen) atoms. The van der Waals surface area contributed by atoms with E-state index in [-0.39, 0.29) is 17.3 Å². The van der Waals surface area contributed by atoms with Gasteiger partial charge < -0.3 is 5.32 Å². The molecule has 0 aliphatic rings. The third-order valence-corrected chi connectivity index (χ3v) is 3.98. The number of sulfonamides is 1. The van der Waals surface area contributed by atoms with E-state index in [1.54, 1.807) is 6.92 Å². The van der Waals surface area contributed by atoms with Crippen LogP contribution in [-0.2, 0) is 10.0 Å². The van der Waals surface area contributed by atoms with Crippen molar-refractivity contribution in [3.8, 4) is 6.07 Å². The first-order valence-corrected chi connectivity index (χ1v) is 7.14. The number of halogens is 1. The molecule has 1 aromatic rings. The van der Waals surface area contributed by atoms with Crippen LogP contribution in [0.2, 0.25) is 0 Å². The number of benzene rings is 1. The van der Waals surface area contributed by atoms with E-state index in [9.17, 15) is 8.42 Å². The van der Waals surface area contributed by atoms with Crippen molar-refractivity contribution in [3.05, 3.63) is 29.3 Å². The molecule has 0 aromatic heterocycles. The molecule has 0 aliphatic heterocycles. The molecule has 0 atom stereocenters. The first-order valence-electron chi connectivity index (χ1n) is 5.66. The lowest BCUT2D eigenvalue weighted by atomic mass is 10.1. The van der Waals surface area contributed by atoms with Crippen molar-refractivity contribution < 1.29 is 8.42 Å². The Morgan fingerprint density at radius 3 is 2.53 bits per heavy atom. The molecule has 0 bridgehead atoms. The van der Waals surface area contributed by atoms with Gasteiger partial charge in [-0.15, -0.1) is 12.4 Å². The Labute approximate surface area is 120 Å². The Hall–Kier alpha value is -1.13. The Balaban J connectivity index is 0.00000324. The SMILES string of the molecule is CNCCCNS(=O)(=O)c1ccc(C#N)c(C)c1.Cl. The van der Waals surface area contributed by atoms with Crippen molar-refractivity contribution in [2.75, 3.05) is 20.1 Å². The smallest absolute Gasteiger partial charge is 0.240 e. The van der Waals surface area contributed by atoms with Crippen molar-refractivity contribution in [2.45, 2.75) is 18.2 Å². The predicted octanol–water partition coefficient (Wildman–Crippen LogP) is 1.18. The number of aryl methyl sites for hydroxylation is 1. The maximum Gasteiger partial charge on any atom is 0.240 e. The second-order valence-corrected chi connectivity index (χ2v) is 5.71. The molecule has 2 N–H and O–H groups in total. The summed E-state index contributed by atoms with van der Waals surface area (Å²) in [7, 11) is -1.66. The highest BCUT2D eigenvalue weighted by Gasteiger charge is 2.14. The normalized spacial score (nSPS) is 10.6. The fourth-order valence-corrected chi connectivity index (χ4v) is 2.64. The molecule has 0 fully saturated rings. The van der Waals surface area contributed by atoms with Gasteiger partial charge in [-0.25, -0.2) is 13.1 Å². The predicted molar refractivity (Wildman–Crippen MR) is 76.9 cm³/mol. The van der Waals surface area contributed by atoms with Gasteiger partial charge in [0.05, 0.1) is 16.5 Å². The van der Waals surface area contributed by atoms with Gasteiger partial charge in [0.15, 0.2) is 0 Å². The summed E-state index contributed by atoms with van der Waals surface area (Å²) < 4.78 is 26.4. The average molecular weight is 304 g/mol. The summed E-state index contributed by atoms with van der Waals surface area (Å²) in [4.78, 5) is 0.198. The zero-order chi connectivity index (χ0) is 13.6. The third kappa shape index (κ3) is 5.17. The van der Waals surface area contributed by atoms with E-state index >= 15 is 0 Å². The molecular formula is C12H18ClN3O2S. The van der Waals surface area contributed by atoms with E-state index in [0.717, 1.165) is 13.0 Å². The molecule has 106 valence electrons. The van der Waals surface area contributed by atoms with Gasteiger partial charge in [0, 0.05) is 6.54 Å². The number of nitrogens with zero attached hydrogens (tertiary/aromatic N) is 1. The molecule has 0 saturated heterocycles. The number of hydrogen-bond donors (Lipinski definition) is 2. The minimum Gasteiger partial charge on any atom is -0.320 e. The summed E-state index contributed by atoms with van der Waals surface area (Å²) in [6.07, 6.45) is 0.727. The van der Waals surface area contributed by atoms with Crippen molar-refractivity contribution in [2.24, 2.45) is 0 Å². The molecule has 0 spiro atoms. The molecule has 0 saturated carbocycles. The van der Waals surface area contributed by atoms with E-state index in [2.05, 4.69) is 10.0 Å². The minimum atomic E-state index is -3.48. The summed E-state index contributed by atoms with van der Waals surface area (Å²) in [6.45, 7) is 2.87. The van der Waals surface area contributed by atoms with Crippen LogP contribution >= 0.6 is 12.4 Å². The summed E-state index contributed by atoms with van der Waals surface area (Å²) in [5, 5.41) is 11.7.